The summed E-state index contributed by atoms with van der Waals surface area (Å²) in [6.45, 7) is 8.68. The van der Waals surface area contributed by atoms with E-state index in [1.807, 2.05) is 76.2 Å². The number of hydrogen-bond acceptors (Lipinski definition) is 9. The first-order chi connectivity index (χ1) is 22.1. The van der Waals surface area contributed by atoms with E-state index < -0.39 is 6.03 Å². The summed E-state index contributed by atoms with van der Waals surface area (Å²) in [7, 11) is 0. The molecule has 13 heteroatoms. The van der Waals surface area contributed by atoms with Gasteiger partial charge in [0.05, 0.1) is 40.9 Å². The van der Waals surface area contributed by atoms with Gasteiger partial charge in [-0.15, -0.1) is 0 Å². The van der Waals surface area contributed by atoms with Crippen LogP contribution in [-0.4, -0.2) is 48.3 Å². The quantitative estimate of drug-likeness (QED) is 0.176. The van der Waals surface area contributed by atoms with Crippen LogP contribution in [0.3, 0.4) is 0 Å². The Bertz CT molecular complexity index is 1880. The van der Waals surface area contributed by atoms with Crippen LogP contribution in [0.25, 0.3) is 16.1 Å². The number of amides is 3. The van der Waals surface area contributed by atoms with Gasteiger partial charge in [0.25, 0.3) is 0 Å². The average Bonchev–Trinajstić information content (AvgIpc) is 3.79. The third-order valence-corrected chi connectivity index (χ3v) is 8.57. The van der Waals surface area contributed by atoms with Crippen molar-refractivity contribution in [2.75, 3.05) is 22.1 Å². The van der Waals surface area contributed by atoms with E-state index in [0.29, 0.717) is 35.9 Å². The van der Waals surface area contributed by atoms with Gasteiger partial charge in [-0.1, -0.05) is 38.2 Å². The molecule has 3 N–H and O–H groups in total. The molecule has 0 spiro atoms. The van der Waals surface area contributed by atoms with Gasteiger partial charge in [0.1, 0.15) is 11.6 Å². The third-order valence-electron chi connectivity index (χ3n) is 7.50. The largest absolute Gasteiger partial charge is 0.424 e. The number of thiazole rings is 1. The molecule has 236 valence electrons. The van der Waals surface area contributed by atoms with Gasteiger partial charge >= 0.3 is 12.0 Å². The van der Waals surface area contributed by atoms with Gasteiger partial charge < -0.3 is 15.2 Å². The highest BCUT2D eigenvalue weighted by Crippen LogP contribution is 2.34. The number of benzene rings is 2. The lowest BCUT2D eigenvalue weighted by atomic mass is 9.92. The summed E-state index contributed by atoms with van der Waals surface area (Å²) in [4.78, 5) is 40.6. The van der Waals surface area contributed by atoms with Crippen LogP contribution < -0.4 is 20.3 Å². The zero-order chi connectivity index (χ0) is 32.4. The number of carbonyl (C=O) groups excluding carboxylic acids is 2. The molecule has 5 aromatic rings. The first-order valence-corrected chi connectivity index (χ1v) is 15.6. The monoisotopic (exact) mass is 638 g/mol. The van der Waals surface area contributed by atoms with E-state index in [9.17, 15) is 14.7 Å². The van der Waals surface area contributed by atoms with Crippen molar-refractivity contribution in [3.8, 4) is 27.9 Å². The highest BCUT2D eigenvalue weighted by Gasteiger charge is 2.25. The number of anilines is 3. The standard InChI is InChI=1S/C33H34N8O4S/c1-20-7-10-24(14-22(20)19-42)41-28(15-27(39-41)33(2,3)4)38-30(44)37-23-16-34-31(35-17-23)45-25-11-8-21(9-12-25)26-18-36-32(46-26)40-13-5-6-29(40)43/h7-12,14-18,42H,5-6,13,19H2,1-4H3,(H2,37,38,44). The minimum Gasteiger partial charge on any atom is -0.424 e. The van der Waals surface area contributed by atoms with Crippen LogP contribution >= 0.6 is 11.3 Å². The number of aliphatic hydroxyl groups excluding tert-OH is 1. The minimum atomic E-state index is -0.496. The van der Waals surface area contributed by atoms with Crippen molar-refractivity contribution in [3.63, 3.8) is 0 Å². The van der Waals surface area contributed by atoms with E-state index in [2.05, 4.69) is 25.6 Å². The van der Waals surface area contributed by atoms with Gasteiger partial charge in [0, 0.05) is 30.6 Å². The highest BCUT2D eigenvalue weighted by molar-refractivity contribution is 7.19. The number of hydrogen-bond donors (Lipinski definition) is 3. The first-order valence-electron chi connectivity index (χ1n) is 14.8. The van der Waals surface area contributed by atoms with Crippen LogP contribution in [0.15, 0.2) is 67.1 Å². The Kier molecular flexibility index (Phi) is 8.52. The maximum absolute atomic E-state index is 13.0. The van der Waals surface area contributed by atoms with Crippen molar-refractivity contribution in [2.24, 2.45) is 0 Å². The molecule has 2 aromatic carbocycles. The molecular formula is C33H34N8O4S. The van der Waals surface area contributed by atoms with Crippen LogP contribution in [0.4, 0.5) is 21.4 Å². The number of nitrogens with one attached hydrogen (secondary N) is 2. The Morgan fingerprint density at radius 3 is 2.46 bits per heavy atom. The molecule has 0 aliphatic carbocycles. The molecule has 3 amide bonds. The van der Waals surface area contributed by atoms with Gasteiger partial charge in [-0.05, 0) is 66.4 Å². The Morgan fingerprint density at radius 1 is 1.02 bits per heavy atom. The average molecular weight is 639 g/mol. The van der Waals surface area contributed by atoms with Crippen LogP contribution in [0.5, 0.6) is 11.8 Å². The maximum Gasteiger partial charge on any atom is 0.324 e. The SMILES string of the molecule is Cc1ccc(-n2nc(C(C)(C)C)cc2NC(=O)Nc2cnc(Oc3ccc(-c4cnc(N5CCCC5=O)s4)cc3)nc2)cc1CO. The molecule has 0 unspecified atom stereocenters. The zero-order valence-corrected chi connectivity index (χ0v) is 26.8. The lowest BCUT2D eigenvalue weighted by Crippen LogP contribution is -2.23. The summed E-state index contributed by atoms with van der Waals surface area (Å²) < 4.78 is 7.46. The number of carbonyl (C=O) groups is 2. The van der Waals surface area contributed by atoms with Gasteiger partial charge in [-0.25, -0.2) is 24.4 Å². The molecule has 0 atom stereocenters. The number of rotatable bonds is 8. The number of urea groups is 1. The van der Waals surface area contributed by atoms with Crippen molar-refractivity contribution in [2.45, 2.75) is 52.6 Å². The lowest BCUT2D eigenvalue weighted by molar-refractivity contribution is -0.117. The summed E-state index contributed by atoms with van der Waals surface area (Å²) in [5, 5.41) is 20.8. The second kappa shape index (κ2) is 12.7. The Morgan fingerprint density at radius 2 is 1.78 bits per heavy atom. The fraction of sp³-hybridized carbons (Fsp3) is 0.273. The molecule has 6 rings (SSSR count). The van der Waals surface area contributed by atoms with Gasteiger partial charge in [0.2, 0.25) is 5.91 Å². The van der Waals surface area contributed by atoms with E-state index >= 15 is 0 Å². The predicted molar refractivity (Wildman–Crippen MR) is 177 cm³/mol. The molecule has 0 bridgehead atoms. The third kappa shape index (κ3) is 6.75. The van der Waals surface area contributed by atoms with Crippen molar-refractivity contribution >= 4 is 39.9 Å². The number of ether oxygens (including phenoxy) is 1. The van der Waals surface area contributed by atoms with E-state index in [0.717, 1.165) is 38.8 Å². The fourth-order valence-corrected chi connectivity index (χ4v) is 5.84. The van der Waals surface area contributed by atoms with Gasteiger partial charge in [0.15, 0.2) is 5.13 Å². The van der Waals surface area contributed by atoms with Crippen molar-refractivity contribution < 1.29 is 19.4 Å². The molecule has 1 saturated heterocycles. The van der Waals surface area contributed by atoms with Crippen LogP contribution in [0, 0.1) is 6.92 Å². The second-order valence-electron chi connectivity index (χ2n) is 12.0. The molecule has 1 fully saturated rings. The highest BCUT2D eigenvalue weighted by atomic mass is 32.1. The summed E-state index contributed by atoms with van der Waals surface area (Å²) in [5.41, 5.74) is 4.33. The first kappa shape index (κ1) is 30.9. The summed E-state index contributed by atoms with van der Waals surface area (Å²) in [6, 6.07) is 14.6. The Hall–Kier alpha value is -5.14. The van der Waals surface area contributed by atoms with Gasteiger partial charge in [-0.2, -0.15) is 5.10 Å². The predicted octanol–water partition coefficient (Wildman–Crippen LogP) is 6.45. The molecule has 12 nitrogen and oxygen atoms in total. The number of nitrogens with zero attached hydrogens (tertiary/aromatic N) is 6. The zero-order valence-electron chi connectivity index (χ0n) is 25.9. The molecule has 3 aromatic heterocycles. The smallest absolute Gasteiger partial charge is 0.324 e. The van der Waals surface area contributed by atoms with Crippen LogP contribution in [0.1, 0.15) is 50.4 Å². The van der Waals surface area contributed by atoms with E-state index in [-0.39, 0.29) is 23.9 Å². The summed E-state index contributed by atoms with van der Waals surface area (Å²) >= 11 is 1.48. The lowest BCUT2D eigenvalue weighted by Gasteiger charge is -2.14. The molecule has 1 aliphatic heterocycles. The molecule has 4 heterocycles. The van der Waals surface area contributed by atoms with E-state index in [1.165, 1.54) is 23.7 Å². The molecule has 0 radical (unpaired) electrons. The number of aliphatic hydroxyl groups is 1. The number of aryl methyl sites for hydroxylation is 1. The maximum atomic E-state index is 13.0. The molecule has 1 aliphatic rings. The van der Waals surface area contributed by atoms with Crippen molar-refractivity contribution in [3.05, 3.63) is 83.9 Å². The Balaban J connectivity index is 1.09. The molecule has 0 saturated carbocycles. The summed E-state index contributed by atoms with van der Waals surface area (Å²) in [5.74, 6) is 1.13. The van der Waals surface area contributed by atoms with Crippen LogP contribution in [0.2, 0.25) is 0 Å². The summed E-state index contributed by atoms with van der Waals surface area (Å²) in [6.07, 6.45) is 6.12. The Labute approximate surface area is 270 Å². The topological polar surface area (TPSA) is 147 Å². The van der Waals surface area contributed by atoms with E-state index in [1.54, 1.807) is 15.8 Å². The fourth-order valence-electron chi connectivity index (χ4n) is 4.87. The second-order valence-corrected chi connectivity index (χ2v) is 13.0. The van der Waals surface area contributed by atoms with Crippen LogP contribution in [-0.2, 0) is 16.8 Å². The van der Waals surface area contributed by atoms with Gasteiger partial charge in [-0.3, -0.25) is 15.0 Å². The minimum absolute atomic E-state index is 0.0992. The normalized spacial score (nSPS) is 13.2. The van der Waals surface area contributed by atoms with Crippen molar-refractivity contribution in [1.29, 1.82) is 0 Å². The van der Waals surface area contributed by atoms with Crippen molar-refractivity contribution in [1.82, 2.24) is 24.7 Å². The molecular weight excluding hydrogens is 604 g/mol. The number of aromatic nitrogens is 5. The molecule has 46 heavy (non-hydrogen) atoms. The van der Waals surface area contributed by atoms with E-state index in [4.69, 9.17) is 9.84 Å².